The van der Waals surface area contributed by atoms with E-state index in [1.165, 1.54) is 18.9 Å². The molecule has 37 heavy (non-hydrogen) atoms. The summed E-state index contributed by atoms with van der Waals surface area (Å²) in [5.41, 5.74) is 0.896. The van der Waals surface area contributed by atoms with Crippen molar-refractivity contribution in [1.29, 1.82) is 5.26 Å². The molecule has 0 aromatic heterocycles. The molecule has 2 aromatic rings. The Bertz CT molecular complexity index is 1120. The number of urea groups is 1. The van der Waals surface area contributed by atoms with Crippen LogP contribution >= 0.6 is 11.6 Å². The number of likely N-dealkylation sites (tertiary alicyclic amines) is 1. The lowest BCUT2D eigenvalue weighted by atomic mass is 9.81. The number of hydrogen-bond donors (Lipinski definition) is 1. The van der Waals surface area contributed by atoms with Gasteiger partial charge in [-0.15, -0.1) is 0 Å². The molecule has 4 rings (SSSR count). The van der Waals surface area contributed by atoms with E-state index in [0.29, 0.717) is 18.0 Å². The molecule has 198 valence electrons. The summed E-state index contributed by atoms with van der Waals surface area (Å²) >= 11 is 5.75. The summed E-state index contributed by atoms with van der Waals surface area (Å²) in [6.45, 7) is 3.59. The summed E-state index contributed by atoms with van der Waals surface area (Å²) in [5, 5.41) is 11.5. The number of benzene rings is 2. The molecule has 5 nitrogen and oxygen atoms in total. The van der Waals surface area contributed by atoms with Crippen molar-refractivity contribution in [3.63, 3.8) is 0 Å². The van der Waals surface area contributed by atoms with E-state index < -0.39 is 16.8 Å². The largest absolute Gasteiger partial charge is 0.417 e. The molecule has 1 heterocycles. The number of carbonyl (C=O) groups is 1. The molecule has 2 aromatic carbocycles. The molecule has 1 saturated heterocycles. The van der Waals surface area contributed by atoms with E-state index in [2.05, 4.69) is 16.3 Å². The highest BCUT2D eigenvalue weighted by molar-refractivity contribution is 6.31. The Labute approximate surface area is 221 Å². The first kappa shape index (κ1) is 27.3. The zero-order valence-electron chi connectivity index (χ0n) is 20.7. The summed E-state index contributed by atoms with van der Waals surface area (Å²) in [7, 11) is 0. The van der Waals surface area contributed by atoms with Gasteiger partial charge in [0.25, 0.3) is 0 Å². The first-order valence-electron chi connectivity index (χ1n) is 12.9. The van der Waals surface area contributed by atoms with Gasteiger partial charge in [-0.05, 0) is 106 Å². The second-order valence-electron chi connectivity index (χ2n) is 9.96. The molecular formula is C28H32ClF3N4O. The zero-order valence-corrected chi connectivity index (χ0v) is 21.5. The average Bonchev–Trinajstić information content (AvgIpc) is 3.41. The molecule has 1 saturated carbocycles. The molecule has 9 heteroatoms. The van der Waals surface area contributed by atoms with Crippen LogP contribution < -0.4 is 5.32 Å². The van der Waals surface area contributed by atoms with Gasteiger partial charge >= 0.3 is 12.2 Å². The fourth-order valence-electron chi connectivity index (χ4n) is 5.52. The van der Waals surface area contributed by atoms with Crippen molar-refractivity contribution in [1.82, 2.24) is 9.80 Å². The van der Waals surface area contributed by atoms with Gasteiger partial charge in [0.2, 0.25) is 0 Å². The molecular weight excluding hydrogens is 501 g/mol. The number of halogens is 4. The standard InChI is InChI=1S/C28H32ClF3N4O/c29-26-12-9-23(18-25(26)28(30,31)32)34-27(37)36(16-4-15-35-13-1-2-14-35)24-10-7-21(8-11-24)22-6-3-5-20(17-22)19-33/h3,5-6,9,12,17-18,21,24H,1-2,4,7-8,10-11,13-16H2,(H,34,37). The van der Waals surface area contributed by atoms with E-state index in [0.717, 1.165) is 69.4 Å². The van der Waals surface area contributed by atoms with Crippen LogP contribution in [0.5, 0.6) is 0 Å². The van der Waals surface area contributed by atoms with Gasteiger partial charge in [-0.1, -0.05) is 23.7 Å². The smallest absolute Gasteiger partial charge is 0.322 e. The molecule has 1 aliphatic carbocycles. The number of alkyl halides is 3. The van der Waals surface area contributed by atoms with Gasteiger partial charge < -0.3 is 15.1 Å². The molecule has 0 bridgehead atoms. The maximum Gasteiger partial charge on any atom is 0.417 e. The lowest BCUT2D eigenvalue weighted by Gasteiger charge is -2.37. The molecule has 0 atom stereocenters. The van der Waals surface area contributed by atoms with Crippen molar-refractivity contribution >= 4 is 23.3 Å². The molecule has 2 aliphatic rings. The SMILES string of the molecule is N#Cc1cccc(C2CCC(N(CCCN3CCCC3)C(=O)Nc3ccc(Cl)c(C(F)(F)F)c3)CC2)c1. The topological polar surface area (TPSA) is 59.4 Å². The lowest BCUT2D eigenvalue weighted by molar-refractivity contribution is -0.137. The molecule has 2 fully saturated rings. The van der Waals surface area contributed by atoms with Crippen molar-refractivity contribution < 1.29 is 18.0 Å². The quantitative estimate of drug-likeness (QED) is 0.407. The number of amides is 2. The van der Waals surface area contributed by atoms with Crippen molar-refractivity contribution in [3.05, 3.63) is 64.2 Å². The predicted octanol–water partition coefficient (Wildman–Crippen LogP) is 7.28. The number of carbonyl (C=O) groups excluding carboxylic acids is 1. The summed E-state index contributed by atoms with van der Waals surface area (Å²) in [6.07, 6.45) is 1.96. The van der Waals surface area contributed by atoms with Crippen LogP contribution in [0.3, 0.4) is 0 Å². The van der Waals surface area contributed by atoms with Crippen LogP contribution in [0.25, 0.3) is 0 Å². The lowest BCUT2D eigenvalue weighted by Crippen LogP contribution is -2.45. The number of nitrogens with zero attached hydrogens (tertiary/aromatic N) is 3. The summed E-state index contributed by atoms with van der Waals surface area (Å²) in [5.74, 6) is 0.324. The Balaban J connectivity index is 1.44. The van der Waals surface area contributed by atoms with Crippen LogP contribution in [0.15, 0.2) is 42.5 Å². The van der Waals surface area contributed by atoms with Crippen LogP contribution in [0, 0.1) is 11.3 Å². The Morgan fingerprint density at radius 2 is 1.84 bits per heavy atom. The number of anilines is 1. The molecule has 1 aliphatic heterocycles. The Morgan fingerprint density at radius 3 is 2.51 bits per heavy atom. The zero-order chi connectivity index (χ0) is 26.4. The fourth-order valence-corrected chi connectivity index (χ4v) is 5.74. The maximum absolute atomic E-state index is 13.4. The summed E-state index contributed by atoms with van der Waals surface area (Å²) < 4.78 is 40.0. The predicted molar refractivity (Wildman–Crippen MR) is 139 cm³/mol. The second kappa shape index (κ2) is 12.2. The van der Waals surface area contributed by atoms with E-state index in [-0.39, 0.29) is 17.8 Å². The number of hydrogen-bond acceptors (Lipinski definition) is 3. The molecule has 0 radical (unpaired) electrons. The average molecular weight is 533 g/mol. The van der Waals surface area contributed by atoms with E-state index in [1.807, 2.05) is 18.2 Å². The van der Waals surface area contributed by atoms with Crippen LogP contribution in [0.1, 0.15) is 67.6 Å². The van der Waals surface area contributed by atoms with Gasteiger partial charge in [-0.2, -0.15) is 18.4 Å². The van der Waals surface area contributed by atoms with Crippen LogP contribution in [-0.4, -0.2) is 48.1 Å². The Kier molecular flexibility index (Phi) is 8.99. The third kappa shape index (κ3) is 7.18. The van der Waals surface area contributed by atoms with Crippen molar-refractivity contribution in [2.75, 3.05) is 31.5 Å². The normalized spacial score (nSPS) is 20.4. The van der Waals surface area contributed by atoms with Crippen molar-refractivity contribution in [2.45, 2.75) is 63.1 Å². The van der Waals surface area contributed by atoms with E-state index in [4.69, 9.17) is 11.6 Å². The highest BCUT2D eigenvalue weighted by Gasteiger charge is 2.34. The third-order valence-electron chi connectivity index (χ3n) is 7.48. The maximum atomic E-state index is 13.4. The van der Waals surface area contributed by atoms with Crippen LogP contribution in [0.2, 0.25) is 5.02 Å². The first-order valence-corrected chi connectivity index (χ1v) is 13.3. The molecule has 1 N–H and O–H groups in total. The van der Waals surface area contributed by atoms with Gasteiger partial charge in [0.1, 0.15) is 0 Å². The summed E-state index contributed by atoms with van der Waals surface area (Å²) in [4.78, 5) is 17.6. The Hall–Kier alpha value is -2.76. The molecule has 0 unspecified atom stereocenters. The molecule has 2 amide bonds. The Morgan fingerprint density at radius 1 is 1.11 bits per heavy atom. The minimum absolute atomic E-state index is 0.00312. The minimum Gasteiger partial charge on any atom is -0.322 e. The number of nitriles is 1. The molecule has 0 spiro atoms. The fraction of sp³-hybridized carbons (Fsp3) is 0.500. The van der Waals surface area contributed by atoms with Gasteiger partial charge in [-0.25, -0.2) is 4.79 Å². The van der Waals surface area contributed by atoms with Crippen molar-refractivity contribution in [3.8, 4) is 6.07 Å². The van der Waals surface area contributed by atoms with Gasteiger partial charge in [0.05, 0.1) is 22.2 Å². The number of nitrogens with one attached hydrogen (secondary N) is 1. The number of rotatable bonds is 7. The van der Waals surface area contributed by atoms with Gasteiger partial charge in [0.15, 0.2) is 0 Å². The van der Waals surface area contributed by atoms with E-state index in [9.17, 15) is 23.2 Å². The van der Waals surface area contributed by atoms with E-state index >= 15 is 0 Å². The minimum atomic E-state index is -4.60. The first-order chi connectivity index (χ1) is 17.7. The summed E-state index contributed by atoms with van der Waals surface area (Å²) in [6, 6.07) is 12.9. The monoisotopic (exact) mass is 532 g/mol. The van der Waals surface area contributed by atoms with E-state index in [1.54, 1.807) is 11.0 Å². The third-order valence-corrected chi connectivity index (χ3v) is 7.81. The van der Waals surface area contributed by atoms with Crippen molar-refractivity contribution in [2.24, 2.45) is 0 Å². The highest BCUT2D eigenvalue weighted by Crippen LogP contribution is 2.37. The van der Waals surface area contributed by atoms with Crippen LogP contribution in [0.4, 0.5) is 23.7 Å². The van der Waals surface area contributed by atoms with Gasteiger partial charge in [0, 0.05) is 18.3 Å². The van der Waals surface area contributed by atoms with Gasteiger partial charge in [-0.3, -0.25) is 0 Å². The van der Waals surface area contributed by atoms with Crippen LogP contribution in [-0.2, 0) is 6.18 Å². The second-order valence-corrected chi connectivity index (χ2v) is 10.4. The highest BCUT2D eigenvalue weighted by atomic mass is 35.5.